The van der Waals surface area contributed by atoms with Crippen LogP contribution in [-0.2, 0) is 9.53 Å². The van der Waals surface area contributed by atoms with Gasteiger partial charge in [-0.25, -0.2) is 9.59 Å². The summed E-state index contributed by atoms with van der Waals surface area (Å²) in [7, 11) is 1.65. The van der Waals surface area contributed by atoms with E-state index in [0.29, 0.717) is 35.8 Å². The molecule has 1 saturated carbocycles. The molecule has 6 heteroatoms. The number of benzene rings is 1. The predicted octanol–water partition coefficient (Wildman–Crippen LogP) is 3.88. The van der Waals surface area contributed by atoms with E-state index >= 15 is 0 Å². The van der Waals surface area contributed by atoms with Crippen LogP contribution in [-0.4, -0.2) is 35.7 Å². The zero-order valence-corrected chi connectivity index (χ0v) is 16.0. The van der Waals surface area contributed by atoms with Crippen molar-refractivity contribution >= 4 is 12.0 Å². The fraction of sp³-hybridized carbons (Fsp3) is 0.524. The third-order valence-electron chi connectivity index (χ3n) is 5.51. The first-order chi connectivity index (χ1) is 13.0. The molecular formula is C21H28N2O4. The molecule has 6 nitrogen and oxygen atoms in total. The molecular weight excluding hydrogens is 344 g/mol. The molecule has 0 spiro atoms. The predicted molar refractivity (Wildman–Crippen MR) is 102 cm³/mol. The topological polar surface area (TPSA) is 78.9 Å². The molecule has 0 aromatic heterocycles. The molecule has 0 bridgehead atoms. The molecule has 1 unspecified atom stereocenters. The largest absolute Gasteiger partial charge is 0.508 e. The van der Waals surface area contributed by atoms with Crippen molar-refractivity contribution in [3.8, 4) is 5.75 Å². The number of amides is 2. The lowest BCUT2D eigenvalue weighted by Crippen LogP contribution is -2.46. The lowest BCUT2D eigenvalue weighted by molar-refractivity contribution is -0.141. The number of urea groups is 1. The Hall–Kier alpha value is -2.50. The van der Waals surface area contributed by atoms with Gasteiger partial charge in [0.2, 0.25) is 0 Å². The second-order valence-corrected chi connectivity index (χ2v) is 7.35. The highest BCUT2D eigenvalue weighted by Crippen LogP contribution is 2.33. The van der Waals surface area contributed by atoms with E-state index < -0.39 is 12.0 Å². The quantitative estimate of drug-likeness (QED) is 0.769. The Morgan fingerprint density at radius 3 is 2.70 bits per heavy atom. The molecule has 0 saturated heterocycles. The van der Waals surface area contributed by atoms with Gasteiger partial charge in [0.1, 0.15) is 5.75 Å². The summed E-state index contributed by atoms with van der Waals surface area (Å²) >= 11 is 0. The summed E-state index contributed by atoms with van der Waals surface area (Å²) in [6.07, 6.45) is 6.37. The van der Waals surface area contributed by atoms with E-state index in [2.05, 4.69) is 5.32 Å². The number of nitrogens with zero attached hydrogens (tertiary/aromatic N) is 1. The van der Waals surface area contributed by atoms with E-state index in [1.807, 2.05) is 6.92 Å². The number of hydrogen-bond acceptors (Lipinski definition) is 4. The highest BCUT2D eigenvalue weighted by atomic mass is 16.5. The average molecular weight is 372 g/mol. The van der Waals surface area contributed by atoms with Crippen LogP contribution >= 0.6 is 0 Å². The van der Waals surface area contributed by atoms with Crippen LogP contribution < -0.4 is 5.32 Å². The van der Waals surface area contributed by atoms with Crippen LogP contribution in [0.1, 0.15) is 57.1 Å². The van der Waals surface area contributed by atoms with Crippen LogP contribution in [0.15, 0.2) is 35.5 Å². The van der Waals surface area contributed by atoms with Gasteiger partial charge in [0, 0.05) is 12.7 Å². The summed E-state index contributed by atoms with van der Waals surface area (Å²) in [6, 6.07) is 5.71. The number of phenolic OH excluding ortho intramolecular Hbond substituents is 1. The van der Waals surface area contributed by atoms with E-state index in [1.54, 1.807) is 31.3 Å². The first kappa shape index (κ1) is 19.3. The standard InChI is InChI=1S/C21H28N2O4/c1-3-17-18(20(25)27-13-14-8-5-4-6-9-14)19(22-21(26)23(17)2)15-10-7-11-16(24)12-15/h7,10-12,14,19,24H,3-6,8-9,13H2,1-2H3,(H,22,26). The van der Waals surface area contributed by atoms with Crippen molar-refractivity contribution < 1.29 is 19.4 Å². The zero-order valence-electron chi connectivity index (χ0n) is 16.0. The molecule has 1 aromatic carbocycles. The van der Waals surface area contributed by atoms with E-state index in [0.717, 1.165) is 12.8 Å². The molecule has 3 rings (SSSR count). The van der Waals surface area contributed by atoms with E-state index in [1.165, 1.54) is 24.2 Å². The fourth-order valence-corrected chi connectivity index (χ4v) is 4.01. The van der Waals surface area contributed by atoms with Gasteiger partial charge in [-0.1, -0.05) is 38.3 Å². The number of carbonyl (C=O) groups is 2. The van der Waals surface area contributed by atoms with Gasteiger partial charge in [-0.05, 0) is 42.9 Å². The van der Waals surface area contributed by atoms with Crippen molar-refractivity contribution in [2.45, 2.75) is 51.5 Å². The van der Waals surface area contributed by atoms with Crippen molar-refractivity contribution in [2.75, 3.05) is 13.7 Å². The molecule has 2 aliphatic rings. The van der Waals surface area contributed by atoms with Crippen LogP contribution in [0.3, 0.4) is 0 Å². The van der Waals surface area contributed by atoms with Crippen molar-refractivity contribution in [1.82, 2.24) is 10.2 Å². The molecule has 27 heavy (non-hydrogen) atoms. The Morgan fingerprint density at radius 2 is 2.04 bits per heavy atom. The number of carbonyl (C=O) groups excluding carboxylic acids is 2. The van der Waals surface area contributed by atoms with Crippen LogP contribution in [0.2, 0.25) is 0 Å². The SMILES string of the molecule is CCC1=C(C(=O)OCC2CCCCC2)C(c2cccc(O)c2)NC(=O)N1C. The number of allylic oxidation sites excluding steroid dienone is 1. The Labute approximate surface area is 160 Å². The molecule has 0 radical (unpaired) electrons. The fourth-order valence-electron chi connectivity index (χ4n) is 4.01. The van der Waals surface area contributed by atoms with Gasteiger partial charge in [0.25, 0.3) is 0 Å². The number of nitrogens with one attached hydrogen (secondary N) is 1. The van der Waals surface area contributed by atoms with Crippen LogP contribution in [0.25, 0.3) is 0 Å². The third kappa shape index (κ3) is 4.26. The smallest absolute Gasteiger partial charge is 0.338 e. The minimum absolute atomic E-state index is 0.0913. The molecule has 146 valence electrons. The van der Waals surface area contributed by atoms with E-state index in [4.69, 9.17) is 4.74 Å². The maximum absolute atomic E-state index is 13.0. The number of hydrogen-bond donors (Lipinski definition) is 2. The summed E-state index contributed by atoms with van der Waals surface area (Å²) in [4.78, 5) is 26.9. The monoisotopic (exact) mass is 372 g/mol. The van der Waals surface area contributed by atoms with Crippen molar-refractivity contribution in [1.29, 1.82) is 0 Å². The Kier molecular flexibility index (Phi) is 6.04. The number of aromatic hydroxyl groups is 1. The number of phenols is 1. The molecule has 2 N–H and O–H groups in total. The van der Waals surface area contributed by atoms with Crippen LogP contribution in [0, 0.1) is 5.92 Å². The summed E-state index contributed by atoms with van der Waals surface area (Å²) < 4.78 is 5.68. The summed E-state index contributed by atoms with van der Waals surface area (Å²) in [5.41, 5.74) is 1.76. The van der Waals surface area contributed by atoms with Gasteiger partial charge in [0.15, 0.2) is 0 Å². The average Bonchev–Trinajstić information content (AvgIpc) is 2.68. The van der Waals surface area contributed by atoms with Crippen molar-refractivity contribution in [3.63, 3.8) is 0 Å². The Bertz CT molecular complexity index is 737. The van der Waals surface area contributed by atoms with E-state index in [-0.39, 0.29) is 11.8 Å². The molecule has 1 aliphatic carbocycles. The highest BCUT2D eigenvalue weighted by molar-refractivity contribution is 5.95. The van der Waals surface area contributed by atoms with Crippen LogP contribution in [0.5, 0.6) is 5.75 Å². The second-order valence-electron chi connectivity index (χ2n) is 7.35. The Morgan fingerprint density at radius 1 is 1.30 bits per heavy atom. The minimum Gasteiger partial charge on any atom is -0.508 e. The van der Waals surface area contributed by atoms with Gasteiger partial charge in [-0.15, -0.1) is 0 Å². The molecule has 1 fully saturated rings. The number of rotatable bonds is 5. The molecule has 1 aromatic rings. The lowest BCUT2D eigenvalue weighted by atomic mass is 9.90. The van der Waals surface area contributed by atoms with Crippen molar-refractivity contribution in [2.24, 2.45) is 5.92 Å². The first-order valence-corrected chi connectivity index (χ1v) is 9.74. The van der Waals surface area contributed by atoms with Gasteiger partial charge in [-0.2, -0.15) is 0 Å². The van der Waals surface area contributed by atoms with Gasteiger partial charge >= 0.3 is 12.0 Å². The summed E-state index contributed by atoms with van der Waals surface area (Å²) in [6.45, 7) is 2.34. The van der Waals surface area contributed by atoms with E-state index in [9.17, 15) is 14.7 Å². The Balaban J connectivity index is 1.88. The lowest BCUT2D eigenvalue weighted by Gasteiger charge is -2.34. The summed E-state index contributed by atoms with van der Waals surface area (Å²) in [5.74, 6) is 0.120. The zero-order chi connectivity index (χ0) is 19.4. The summed E-state index contributed by atoms with van der Waals surface area (Å²) in [5, 5.41) is 12.7. The molecule has 1 aliphatic heterocycles. The number of esters is 1. The first-order valence-electron chi connectivity index (χ1n) is 9.74. The highest BCUT2D eigenvalue weighted by Gasteiger charge is 2.36. The maximum atomic E-state index is 13.0. The van der Waals surface area contributed by atoms with Crippen LogP contribution in [0.4, 0.5) is 4.79 Å². The molecule has 2 amide bonds. The minimum atomic E-state index is -0.630. The molecule has 1 heterocycles. The second kappa shape index (κ2) is 8.46. The normalized spacial score (nSPS) is 21.2. The maximum Gasteiger partial charge on any atom is 0.338 e. The van der Waals surface area contributed by atoms with Gasteiger partial charge in [0.05, 0.1) is 18.2 Å². The number of ether oxygens (including phenoxy) is 1. The van der Waals surface area contributed by atoms with Gasteiger partial charge in [-0.3, -0.25) is 0 Å². The third-order valence-corrected chi connectivity index (χ3v) is 5.51. The van der Waals surface area contributed by atoms with Crippen molar-refractivity contribution in [3.05, 3.63) is 41.1 Å². The molecule has 1 atom stereocenters. The van der Waals surface area contributed by atoms with Gasteiger partial charge < -0.3 is 20.1 Å².